The number of hydrogen-bond acceptors (Lipinski definition) is 6. The smallest absolute Gasteiger partial charge is 0.341 e. The molecule has 0 spiro atoms. The Morgan fingerprint density at radius 1 is 1.12 bits per heavy atom. The summed E-state index contributed by atoms with van der Waals surface area (Å²) in [6.45, 7) is 3.54. The summed E-state index contributed by atoms with van der Waals surface area (Å²) in [7, 11) is 0. The Bertz CT molecular complexity index is 1360. The highest BCUT2D eigenvalue weighted by Crippen LogP contribution is 2.39. The van der Waals surface area contributed by atoms with Crippen LogP contribution in [0.25, 0.3) is 22.4 Å². The molecule has 0 aliphatic rings. The minimum Gasteiger partial charge on any atom is -0.462 e. The highest BCUT2D eigenvalue weighted by molar-refractivity contribution is 9.10. The van der Waals surface area contributed by atoms with Crippen LogP contribution >= 0.6 is 50.5 Å². The van der Waals surface area contributed by atoms with Gasteiger partial charge in [0.25, 0.3) is 5.91 Å². The van der Waals surface area contributed by atoms with E-state index in [9.17, 15) is 9.59 Å². The number of aromatic nitrogens is 1. The first-order valence-corrected chi connectivity index (χ1v) is 12.5. The van der Waals surface area contributed by atoms with Gasteiger partial charge in [0.1, 0.15) is 27.6 Å². The zero-order valence-corrected chi connectivity index (χ0v) is 21.9. The number of esters is 1. The van der Waals surface area contributed by atoms with E-state index in [0.717, 1.165) is 10.0 Å². The van der Waals surface area contributed by atoms with Crippen LogP contribution in [0.4, 0.5) is 5.00 Å². The molecule has 2 heterocycles. The van der Waals surface area contributed by atoms with Crippen LogP contribution in [0.1, 0.15) is 33.4 Å². The maximum absolute atomic E-state index is 13.4. The molecule has 0 atom stereocenters. The fraction of sp³-hybridized carbons (Fsp3) is 0.125. The maximum Gasteiger partial charge on any atom is 0.341 e. The quantitative estimate of drug-likeness (QED) is 0.235. The molecule has 34 heavy (non-hydrogen) atoms. The number of nitrogens with one attached hydrogen (secondary N) is 1. The van der Waals surface area contributed by atoms with Gasteiger partial charge in [-0.05, 0) is 43.7 Å². The number of hydrogen-bond donors (Lipinski definition) is 1. The molecule has 0 aliphatic heterocycles. The fourth-order valence-electron chi connectivity index (χ4n) is 3.40. The number of amides is 1. The van der Waals surface area contributed by atoms with Crippen molar-refractivity contribution in [3.05, 3.63) is 79.2 Å². The number of carbonyl (C=O) groups is 2. The Labute approximate surface area is 217 Å². The van der Waals surface area contributed by atoms with Gasteiger partial charge in [-0.3, -0.25) is 4.79 Å². The van der Waals surface area contributed by atoms with Gasteiger partial charge in [-0.2, -0.15) is 0 Å². The zero-order chi connectivity index (χ0) is 24.4. The third-order valence-electron chi connectivity index (χ3n) is 4.94. The molecule has 0 radical (unpaired) electrons. The van der Waals surface area contributed by atoms with E-state index in [1.165, 1.54) is 11.3 Å². The molecule has 0 saturated heterocycles. The van der Waals surface area contributed by atoms with Gasteiger partial charge >= 0.3 is 5.97 Å². The third-order valence-corrected chi connectivity index (χ3v) is 7.00. The highest BCUT2D eigenvalue weighted by atomic mass is 79.9. The Morgan fingerprint density at radius 3 is 2.44 bits per heavy atom. The Kier molecular flexibility index (Phi) is 7.42. The number of rotatable bonds is 6. The number of nitrogens with zero attached hydrogens (tertiary/aromatic N) is 1. The van der Waals surface area contributed by atoms with Crippen LogP contribution in [0.2, 0.25) is 10.0 Å². The molecular weight excluding hydrogens is 563 g/mol. The molecule has 0 aliphatic carbocycles. The summed E-state index contributed by atoms with van der Waals surface area (Å²) in [5, 5.41) is 9.66. The lowest BCUT2D eigenvalue weighted by Crippen LogP contribution is -2.16. The van der Waals surface area contributed by atoms with Crippen LogP contribution in [-0.2, 0) is 4.74 Å². The number of ether oxygens (including phenoxy) is 1. The van der Waals surface area contributed by atoms with Gasteiger partial charge in [-0.25, -0.2) is 4.79 Å². The minimum atomic E-state index is -0.534. The molecule has 0 bridgehead atoms. The largest absolute Gasteiger partial charge is 0.462 e. The van der Waals surface area contributed by atoms with Gasteiger partial charge in [0.15, 0.2) is 0 Å². The second-order valence-corrected chi connectivity index (χ2v) is 9.70. The van der Waals surface area contributed by atoms with Gasteiger partial charge in [0.05, 0.1) is 16.7 Å². The van der Waals surface area contributed by atoms with E-state index >= 15 is 0 Å². The predicted molar refractivity (Wildman–Crippen MR) is 138 cm³/mol. The summed E-state index contributed by atoms with van der Waals surface area (Å²) >= 11 is 17.3. The maximum atomic E-state index is 13.4. The van der Waals surface area contributed by atoms with E-state index < -0.39 is 11.9 Å². The molecular formula is C24H17BrCl2N2O4S. The first-order valence-electron chi connectivity index (χ1n) is 10.1. The van der Waals surface area contributed by atoms with Crippen molar-refractivity contribution in [1.82, 2.24) is 5.16 Å². The molecule has 2 aromatic carbocycles. The standard InChI is InChI=1S/C24H17BrCl2N2O4S/c1-3-32-24(31)19-15(13-7-9-14(25)10-8-13)11-34-23(19)28-22(30)18-12(2)33-29-21(18)20-16(26)5-4-6-17(20)27/h4-11H,3H2,1-2H3,(H,28,30). The molecule has 1 amide bonds. The summed E-state index contributed by atoms with van der Waals surface area (Å²) < 4.78 is 11.5. The van der Waals surface area contributed by atoms with Crippen LogP contribution < -0.4 is 5.32 Å². The predicted octanol–water partition coefficient (Wildman–Crippen LogP) is 7.88. The van der Waals surface area contributed by atoms with Gasteiger partial charge in [0, 0.05) is 21.0 Å². The van der Waals surface area contributed by atoms with Crippen LogP contribution in [0.3, 0.4) is 0 Å². The third kappa shape index (κ3) is 4.77. The molecule has 0 fully saturated rings. The molecule has 2 aromatic heterocycles. The molecule has 4 rings (SSSR count). The molecule has 0 saturated carbocycles. The molecule has 174 valence electrons. The van der Waals surface area contributed by atoms with Crippen molar-refractivity contribution in [3.63, 3.8) is 0 Å². The number of halogens is 3. The molecule has 0 unspecified atom stereocenters. The van der Waals surface area contributed by atoms with Crippen molar-refractivity contribution >= 4 is 67.3 Å². The van der Waals surface area contributed by atoms with Crippen LogP contribution in [0, 0.1) is 6.92 Å². The van der Waals surface area contributed by atoms with Crippen molar-refractivity contribution < 1.29 is 18.8 Å². The average Bonchev–Trinajstić information content (AvgIpc) is 3.38. The van der Waals surface area contributed by atoms with Crippen molar-refractivity contribution in [2.24, 2.45) is 0 Å². The number of thiophene rings is 1. The number of anilines is 1. The monoisotopic (exact) mass is 578 g/mol. The topological polar surface area (TPSA) is 81.4 Å². The highest BCUT2D eigenvalue weighted by Gasteiger charge is 2.28. The second kappa shape index (κ2) is 10.3. The number of carbonyl (C=O) groups excluding carboxylic acids is 2. The lowest BCUT2D eigenvalue weighted by molar-refractivity contribution is 0.0529. The number of aryl methyl sites for hydroxylation is 1. The normalized spacial score (nSPS) is 10.9. The summed E-state index contributed by atoms with van der Waals surface area (Å²) in [6.07, 6.45) is 0. The summed E-state index contributed by atoms with van der Waals surface area (Å²) in [5.41, 5.74) is 2.51. The van der Waals surface area contributed by atoms with E-state index in [1.807, 2.05) is 24.3 Å². The molecule has 6 nitrogen and oxygen atoms in total. The fourth-order valence-corrected chi connectivity index (χ4v) is 5.19. The van der Waals surface area contributed by atoms with E-state index in [1.54, 1.807) is 37.4 Å². The Hall–Kier alpha value is -2.65. The minimum absolute atomic E-state index is 0.170. The van der Waals surface area contributed by atoms with Crippen molar-refractivity contribution in [2.75, 3.05) is 11.9 Å². The molecule has 4 aromatic rings. The van der Waals surface area contributed by atoms with Crippen LogP contribution in [-0.4, -0.2) is 23.6 Å². The summed E-state index contributed by atoms with van der Waals surface area (Å²) in [6, 6.07) is 12.5. The van der Waals surface area contributed by atoms with Gasteiger partial charge in [-0.15, -0.1) is 11.3 Å². The van der Waals surface area contributed by atoms with Crippen molar-refractivity contribution in [3.8, 4) is 22.4 Å². The van der Waals surface area contributed by atoms with Crippen molar-refractivity contribution in [2.45, 2.75) is 13.8 Å². The van der Waals surface area contributed by atoms with Gasteiger partial charge in [0.2, 0.25) is 0 Å². The van der Waals surface area contributed by atoms with Gasteiger partial charge in [-0.1, -0.05) is 62.5 Å². The summed E-state index contributed by atoms with van der Waals surface area (Å²) in [4.78, 5) is 26.2. The Balaban J connectivity index is 1.76. The average molecular weight is 580 g/mol. The van der Waals surface area contributed by atoms with E-state index in [4.69, 9.17) is 32.5 Å². The zero-order valence-electron chi connectivity index (χ0n) is 17.9. The van der Waals surface area contributed by atoms with E-state index in [-0.39, 0.29) is 29.2 Å². The number of benzene rings is 2. The molecule has 10 heteroatoms. The first kappa shape index (κ1) is 24.5. The lowest BCUT2D eigenvalue weighted by Gasteiger charge is -2.10. The van der Waals surface area contributed by atoms with E-state index in [2.05, 4.69) is 26.4 Å². The van der Waals surface area contributed by atoms with E-state index in [0.29, 0.717) is 26.2 Å². The lowest BCUT2D eigenvalue weighted by atomic mass is 10.0. The first-order chi connectivity index (χ1) is 16.3. The second-order valence-electron chi connectivity index (χ2n) is 7.09. The Morgan fingerprint density at radius 2 is 1.79 bits per heavy atom. The summed E-state index contributed by atoms with van der Waals surface area (Å²) in [5.74, 6) is -0.765. The van der Waals surface area contributed by atoms with Crippen LogP contribution in [0.5, 0.6) is 0 Å². The van der Waals surface area contributed by atoms with Gasteiger partial charge < -0.3 is 14.6 Å². The van der Waals surface area contributed by atoms with Crippen LogP contribution in [0.15, 0.2) is 56.8 Å². The SMILES string of the molecule is CCOC(=O)c1c(-c2ccc(Br)cc2)csc1NC(=O)c1c(-c2c(Cl)cccc2Cl)noc1C. The molecule has 1 N–H and O–H groups in total. The van der Waals surface area contributed by atoms with Crippen molar-refractivity contribution in [1.29, 1.82) is 0 Å².